The Bertz CT molecular complexity index is 1190. The molecule has 0 radical (unpaired) electrons. The van der Waals surface area contributed by atoms with Gasteiger partial charge < -0.3 is 20.9 Å². The van der Waals surface area contributed by atoms with Gasteiger partial charge in [0.05, 0.1) is 17.8 Å². The lowest BCUT2D eigenvalue weighted by Crippen LogP contribution is -2.59. The smallest absolute Gasteiger partial charge is 0.245 e. The van der Waals surface area contributed by atoms with E-state index in [2.05, 4.69) is 51.8 Å². The first kappa shape index (κ1) is 21.5. The molecule has 2 amide bonds. The zero-order chi connectivity index (χ0) is 28.0. The molecule has 3 N–H and O–H groups in total. The molecule has 10 heteroatoms. The zero-order valence-electron chi connectivity index (χ0n) is 24.6. The van der Waals surface area contributed by atoms with Crippen molar-refractivity contribution in [3.05, 3.63) is 18.1 Å². The number of rotatable bonds is 5. The fraction of sp³-hybridized carbons (Fsp3) is 0.720. The molecule has 1 aliphatic heterocycles. The molecule has 0 aromatic carbocycles. The molecule has 0 spiro atoms. The van der Waals surface area contributed by atoms with Crippen molar-refractivity contribution in [2.45, 2.75) is 109 Å². The first-order valence-electron chi connectivity index (χ1n) is 13.9. The van der Waals surface area contributed by atoms with Crippen molar-refractivity contribution >= 4 is 23.4 Å². The van der Waals surface area contributed by atoms with Gasteiger partial charge in [-0.1, -0.05) is 20.8 Å². The van der Waals surface area contributed by atoms with Crippen molar-refractivity contribution in [3.8, 4) is 0 Å². The Morgan fingerprint density at radius 1 is 1.17 bits per heavy atom. The van der Waals surface area contributed by atoms with Crippen molar-refractivity contribution < 1.29 is 13.7 Å². The van der Waals surface area contributed by atoms with Crippen LogP contribution in [0.4, 0.5) is 5.95 Å². The Kier molecular flexibility index (Phi) is 5.76. The first-order chi connectivity index (χ1) is 17.6. The van der Waals surface area contributed by atoms with Crippen molar-refractivity contribution in [3.63, 3.8) is 0 Å². The fourth-order valence-corrected chi connectivity index (χ4v) is 5.19. The standard InChI is InChI=1S/C25H40N8O2/c1-15(34)28-18-12-16(30-25(5,6)7)8-9-19(18)32-11-10-17(22(32)35)29-23-27-14-26-21-13-20(24(2,3)4)31-33(21)23/h13-14,16-19,30H,8-12H2,1-7H3,(H,28,34)(H,26,27,29)/t16-,17+,18-,19+/m1/s1/i5D3. The Balaban J connectivity index is 1.48. The van der Waals surface area contributed by atoms with E-state index < -0.39 is 18.4 Å². The van der Waals surface area contributed by atoms with E-state index >= 15 is 0 Å². The number of likely N-dealkylation sites (tertiary alicyclic amines) is 1. The number of carbonyl (C=O) groups is 2. The van der Waals surface area contributed by atoms with E-state index in [1.165, 1.54) is 13.3 Å². The molecular formula is C25H40N8O2. The molecule has 2 fully saturated rings. The highest BCUT2D eigenvalue weighted by Gasteiger charge is 2.42. The van der Waals surface area contributed by atoms with Gasteiger partial charge >= 0.3 is 0 Å². The van der Waals surface area contributed by atoms with Crippen LogP contribution in [0.2, 0.25) is 0 Å². The molecule has 2 aliphatic rings. The third-order valence-corrected chi connectivity index (χ3v) is 6.74. The third kappa shape index (κ3) is 5.74. The summed E-state index contributed by atoms with van der Waals surface area (Å²) in [5.74, 6) is 0.243. The first-order valence-corrected chi connectivity index (χ1v) is 12.4. The van der Waals surface area contributed by atoms with Gasteiger partial charge in [-0.2, -0.15) is 9.61 Å². The van der Waals surface area contributed by atoms with Crippen molar-refractivity contribution in [1.82, 2.24) is 35.1 Å². The number of carbonyl (C=O) groups excluding carboxylic acids is 2. The predicted molar refractivity (Wildman–Crippen MR) is 135 cm³/mol. The van der Waals surface area contributed by atoms with Gasteiger partial charge in [0.25, 0.3) is 0 Å². The number of amides is 2. The van der Waals surface area contributed by atoms with E-state index in [0.717, 1.165) is 5.69 Å². The molecule has 10 nitrogen and oxygen atoms in total. The van der Waals surface area contributed by atoms with E-state index in [1.54, 1.807) is 18.4 Å². The summed E-state index contributed by atoms with van der Waals surface area (Å²) < 4.78 is 25.2. The van der Waals surface area contributed by atoms with Gasteiger partial charge in [-0.3, -0.25) is 9.59 Å². The monoisotopic (exact) mass is 487 g/mol. The number of hydrogen-bond donors (Lipinski definition) is 3. The van der Waals surface area contributed by atoms with Crippen LogP contribution in [0.1, 0.15) is 83.9 Å². The highest BCUT2D eigenvalue weighted by Crippen LogP contribution is 2.30. The molecule has 0 unspecified atom stereocenters. The predicted octanol–water partition coefficient (Wildman–Crippen LogP) is 2.25. The maximum Gasteiger partial charge on any atom is 0.245 e. The summed E-state index contributed by atoms with van der Waals surface area (Å²) in [6.07, 6.45) is 3.96. The minimum atomic E-state index is -2.16. The van der Waals surface area contributed by atoms with Crippen LogP contribution in [0.3, 0.4) is 0 Å². The normalized spacial score (nSPS) is 27.4. The second kappa shape index (κ2) is 9.37. The molecule has 0 bridgehead atoms. The molecule has 2 aromatic rings. The minimum Gasteiger partial charge on any atom is -0.351 e. The summed E-state index contributed by atoms with van der Waals surface area (Å²) in [6.45, 7) is 9.44. The minimum absolute atomic E-state index is 0.0467. The number of nitrogens with one attached hydrogen (secondary N) is 3. The van der Waals surface area contributed by atoms with Gasteiger partial charge in [0.15, 0.2) is 5.65 Å². The fourth-order valence-electron chi connectivity index (χ4n) is 5.19. The van der Waals surface area contributed by atoms with Gasteiger partial charge in [0.2, 0.25) is 17.8 Å². The lowest BCUT2D eigenvalue weighted by atomic mass is 9.84. The average molecular weight is 488 g/mol. The van der Waals surface area contributed by atoms with Crippen LogP contribution in [0, 0.1) is 0 Å². The van der Waals surface area contributed by atoms with Crippen LogP contribution in [0.25, 0.3) is 5.65 Å². The zero-order valence-corrected chi connectivity index (χ0v) is 21.6. The highest BCUT2D eigenvalue weighted by molar-refractivity contribution is 5.87. The number of fused-ring (bicyclic) bond motifs is 1. The summed E-state index contributed by atoms with van der Waals surface area (Å²) in [6, 6.07) is 0.915. The van der Waals surface area contributed by atoms with Gasteiger partial charge in [-0.05, 0) is 46.4 Å². The summed E-state index contributed by atoms with van der Waals surface area (Å²) in [4.78, 5) is 36.1. The van der Waals surface area contributed by atoms with Crippen molar-refractivity contribution in [2.75, 3.05) is 11.9 Å². The van der Waals surface area contributed by atoms with Gasteiger partial charge in [-0.15, -0.1) is 0 Å². The van der Waals surface area contributed by atoms with Crippen LogP contribution in [-0.4, -0.2) is 72.5 Å². The molecule has 4 atom stereocenters. The largest absolute Gasteiger partial charge is 0.351 e. The third-order valence-electron chi connectivity index (χ3n) is 6.74. The lowest BCUT2D eigenvalue weighted by molar-refractivity contribution is -0.132. The maximum absolute atomic E-state index is 13.6. The molecule has 2 aromatic heterocycles. The number of nitrogens with zero attached hydrogens (tertiary/aromatic N) is 5. The Morgan fingerprint density at radius 3 is 2.63 bits per heavy atom. The summed E-state index contributed by atoms with van der Waals surface area (Å²) >= 11 is 0. The van der Waals surface area contributed by atoms with Gasteiger partial charge in [0, 0.05) is 40.6 Å². The summed E-state index contributed by atoms with van der Waals surface area (Å²) in [5, 5.41) is 14.2. The second-order valence-corrected chi connectivity index (χ2v) is 11.4. The second-order valence-electron chi connectivity index (χ2n) is 11.4. The Labute approximate surface area is 211 Å². The molecular weight excluding hydrogens is 444 g/mol. The molecule has 1 aliphatic carbocycles. The Morgan fingerprint density at radius 2 is 1.94 bits per heavy atom. The maximum atomic E-state index is 13.6. The average Bonchev–Trinajstić information content (AvgIpc) is 3.38. The summed E-state index contributed by atoms with van der Waals surface area (Å²) in [7, 11) is 0. The highest BCUT2D eigenvalue weighted by atomic mass is 16.2. The van der Waals surface area contributed by atoms with Crippen LogP contribution < -0.4 is 16.0 Å². The Hall–Kier alpha value is -2.75. The quantitative estimate of drug-likeness (QED) is 0.592. The molecule has 1 saturated heterocycles. The van der Waals surface area contributed by atoms with E-state index in [-0.39, 0.29) is 35.4 Å². The lowest BCUT2D eigenvalue weighted by Gasteiger charge is -2.43. The van der Waals surface area contributed by atoms with Crippen molar-refractivity contribution in [1.29, 1.82) is 0 Å². The molecule has 3 heterocycles. The summed E-state index contributed by atoms with van der Waals surface area (Å²) in [5.41, 5.74) is 0.319. The van der Waals surface area contributed by atoms with Gasteiger partial charge in [0.1, 0.15) is 12.4 Å². The molecule has 35 heavy (non-hydrogen) atoms. The van der Waals surface area contributed by atoms with Crippen LogP contribution in [0.15, 0.2) is 12.4 Å². The molecule has 1 saturated carbocycles. The number of anilines is 1. The van der Waals surface area contributed by atoms with Crippen LogP contribution in [-0.2, 0) is 15.0 Å². The number of hydrogen-bond acceptors (Lipinski definition) is 7. The SMILES string of the molecule is [2H]C([2H])([2H])C(C)(C)N[C@@H]1CC[C@H](N2CC[C@H](Nc3ncnc4cc(C(C)(C)C)nn34)C2=O)[C@H](NC(C)=O)C1. The topological polar surface area (TPSA) is 117 Å². The van der Waals surface area contributed by atoms with Crippen molar-refractivity contribution in [2.24, 2.45) is 0 Å². The van der Waals surface area contributed by atoms with E-state index in [4.69, 9.17) is 4.11 Å². The van der Waals surface area contributed by atoms with Crippen LogP contribution in [0.5, 0.6) is 0 Å². The van der Waals surface area contributed by atoms with Crippen LogP contribution >= 0.6 is 0 Å². The van der Waals surface area contributed by atoms with Gasteiger partial charge in [-0.25, -0.2) is 9.97 Å². The molecule has 4 rings (SSSR count). The molecule has 192 valence electrons. The van der Waals surface area contributed by atoms with E-state index in [0.29, 0.717) is 43.8 Å². The number of aromatic nitrogens is 4. The van der Waals surface area contributed by atoms with E-state index in [1.807, 2.05) is 11.0 Å². The van der Waals surface area contributed by atoms with E-state index in [9.17, 15) is 9.59 Å².